The van der Waals surface area contributed by atoms with Crippen molar-refractivity contribution in [1.29, 1.82) is 0 Å². The number of thiophene rings is 2. The Morgan fingerprint density at radius 2 is 0.854 bits per heavy atom. The summed E-state index contributed by atoms with van der Waals surface area (Å²) < 4.78 is 5.39. The minimum Gasteiger partial charge on any atom is -0.135 e. The molecule has 0 atom stereocenters. The van der Waals surface area contributed by atoms with Gasteiger partial charge >= 0.3 is 0 Å². The lowest BCUT2D eigenvalue weighted by Gasteiger charge is -2.20. The zero-order valence-electron chi connectivity index (χ0n) is 25.8. The zero-order chi connectivity index (χ0) is 31.3. The van der Waals surface area contributed by atoms with E-state index in [1.165, 1.54) is 106 Å². The maximum Gasteiger partial charge on any atom is 0.0441 e. The highest BCUT2D eigenvalue weighted by atomic mass is 32.1. The molecule has 0 spiro atoms. The SMILES string of the molecule is c1ccc2c(-c3c4ccccc4c(-c4c5sc6ccc7ccccc7c6c5cc5sc6ccccc6c45)c4ccccc34)cccc2c1. The van der Waals surface area contributed by atoms with E-state index < -0.39 is 0 Å². The van der Waals surface area contributed by atoms with Crippen LogP contribution in [0, 0.1) is 0 Å². The first-order chi connectivity index (χ1) is 23.8. The molecule has 222 valence electrons. The van der Waals surface area contributed by atoms with Gasteiger partial charge in [-0.3, -0.25) is 0 Å². The van der Waals surface area contributed by atoms with Crippen LogP contribution in [0.1, 0.15) is 0 Å². The van der Waals surface area contributed by atoms with Crippen LogP contribution in [0.15, 0.2) is 158 Å². The molecule has 0 bridgehead atoms. The summed E-state index contributed by atoms with van der Waals surface area (Å²) in [5, 5.41) is 15.8. The number of hydrogen-bond acceptors (Lipinski definition) is 2. The third-order valence-electron chi connectivity index (χ3n) is 10.2. The Kier molecular flexibility index (Phi) is 5.51. The molecule has 0 N–H and O–H groups in total. The van der Waals surface area contributed by atoms with E-state index in [4.69, 9.17) is 0 Å². The normalized spacial score (nSPS) is 12.2. The highest BCUT2D eigenvalue weighted by Gasteiger charge is 2.24. The lowest BCUT2D eigenvalue weighted by atomic mass is 9.83. The van der Waals surface area contributed by atoms with E-state index in [1.54, 1.807) is 0 Å². The molecule has 0 amide bonds. The molecule has 11 aromatic rings. The molecule has 0 radical (unpaired) electrons. The highest BCUT2D eigenvalue weighted by Crippen LogP contribution is 2.54. The Bertz CT molecular complexity index is 3060. The molecule has 0 nitrogen and oxygen atoms in total. The molecule has 0 aliphatic heterocycles. The second-order valence-electron chi connectivity index (χ2n) is 12.7. The molecule has 2 heteroatoms. The molecular weight excluding hydrogens is 617 g/mol. The van der Waals surface area contributed by atoms with Crippen LogP contribution in [0.4, 0.5) is 0 Å². The fourth-order valence-electron chi connectivity index (χ4n) is 8.25. The average Bonchev–Trinajstić information content (AvgIpc) is 3.71. The summed E-state index contributed by atoms with van der Waals surface area (Å²) in [5.74, 6) is 0. The molecule has 0 fully saturated rings. The molecular formula is C46H26S2. The van der Waals surface area contributed by atoms with Gasteiger partial charge in [0.1, 0.15) is 0 Å². The van der Waals surface area contributed by atoms with E-state index in [0.29, 0.717) is 0 Å². The largest absolute Gasteiger partial charge is 0.135 e. The maximum absolute atomic E-state index is 2.49. The van der Waals surface area contributed by atoms with Gasteiger partial charge in [-0.15, -0.1) is 22.7 Å². The Hall–Kier alpha value is -5.54. The predicted octanol–water partition coefficient (Wildman–Crippen LogP) is 14.4. The maximum atomic E-state index is 2.49. The van der Waals surface area contributed by atoms with E-state index in [9.17, 15) is 0 Å². The molecule has 11 rings (SSSR count). The first-order valence-electron chi connectivity index (χ1n) is 16.4. The lowest BCUT2D eigenvalue weighted by molar-refractivity contribution is 1.70. The van der Waals surface area contributed by atoms with Gasteiger partial charge in [0.15, 0.2) is 0 Å². The Morgan fingerprint density at radius 1 is 0.292 bits per heavy atom. The Morgan fingerprint density at radius 3 is 1.58 bits per heavy atom. The molecule has 0 aliphatic rings. The van der Waals surface area contributed by atoms with Gasteiger partial charge in [-0.05, 0) is 78.0 Å². The number of hydrogen-bond donors (Lipinski definition) is 0. The van der Waals surface area contributed by atoms with Crippen molar-refractivity contribution < 1.29 is 0 Å². The second kappa shape index (κ2) is 9.98. The highest BCUT2D eigenvalue weighted by molar-refractivity contribution is 7.28. The van der Waals surface area contributed by atoms with Gasteiger partial charge in [0, 0.05) is 45.9 Å². The van der Waals surface area contributed by atoms with E-state index in [0.717, 1.165) is 0 Å². The van der Waals surface area contributed by atoms with E-state index in [1.807, 2.05) is 22.7 Å². The van der Waals surface area contributed by atoms with Crippen molar-refractivity contribution in [2.45, 2.75) is 0 Å². The van der Waals surface area contributed by atoms with Gasteiger partial charge < -0.3 is 0 Å². The summed E-state index contributed by atoms with van der Waals surface area (Å²) >= 11 is 3.87. The molecule has 2 heterocycles. The minimum atomic E-state index is 1.26. The molecule has 0 unspecified atom stereocenters. The van der Waals surface area contributed by atoms with Crippen molar-refractivity contribution in [2.75, 3.05) is 0 Å². The minimum absolute atomic E-state index is 1.26. The third-order valence-corrected chi connectivity index (χ3v) is 12.5. The summed E-state index contributed by atoms with van der Waals surface area (Å²) in [6, 6.07) is 58.7. The third kappa shape index (κ3) is 3.59. The molecule has 2 aromatic heterocycles. The van der Waals surface area contributed by atoms with E-state index in [-0.39, 0.29) is 0 Å². The number of rotatable bonds is 2. The fourth-order valence-corrected chi connectivity index (χ4v) is 10.7. The van der Waals surface area contributed by atoms with Crippen molar-refractivity contribution in [3.63, 3.8) is 0 Å². The van der Waals surface area contributed by atoms with Gasteiger partial charge in [0.05, 0.1) is 0 Å². The molecule has 9 aromatic carbocycles. The van der Waals surface area contributed by atoms with Crippen LogP contribution in [0.5, 0.6) is 0 Å². The van der Waals surface area contributed by atoms with E-state index >= 15 is 0 Å². The molecule has 0 saturated carbocycles. The van der Waals surface area contributed by atoms with Crippen molar-refractivity contribution >= 4 is 106 Å². The monoisotopic (exact) mass is 642 g/mol. The van der Waals surface area contributed by atoms with E-state index in [2.05, 4.69) is 158 Å². The van der Waals surface area contributed by atoms with Gasteiger partial charge in [0.2, 0.25) is 0 Å². The van der Waals surface area contributed by atoms with Crippen molar-refractivity contribution in [3.8, 4) is 22.3 Å². The second-order valence-corrected chi connectivity index (χ2v) is 14.9. The van der Waals surface area contributed by atoms with Gasteiger partial charge in [-0.1, -0.05) is 140 Å². The van der Waals surface area contributed by atoms with Gasteiger partial charge in [-0.25, -0.2) is 0 Å². The molecule has 0 saturated heterocycles. The van der Waals surface area contributed by atoms with Crippen molar-refractivity contribution in [1.82, 2.24) is 0 Å². The average molecular weight is 643 g/mol. The zero-order valence-corrected chi connectivity index (χ0v) is 27.5. The topological polar surface area (TPSA) is 0 Å². The van der Waals surface area contributed by atoms with Crippen molar-refractivity contribution in [2.24, 2.45) is 0 Å². The first kappa shape index (κ1) is 26.5. The van der Waals surface area contributed by atoms with Crippen LogP contribution < -0.4 is 0 Å². The van der Waals surface area contributed by atoms with Crippen LogP contribution in [-0.2, 0) is 0 Å². The van der Waals surface area contributed by atoms with Crippen LogP contribution in [0.2, 0.25) is 0 Å². The predicted molar refractivity (Wildman–Crippen MR) is 213 cm³/mol. The first-order valence-corrected chi connectivity index (χ1v) is 18.1. The smallest absolute Gasteiger partial charge is 0.0441 e. The van der Waals surface area contributed by atoms with Gasteiger partial charge in [-0.2, -0.15) is 0 Å². The fraction of sp³-hybridized carbons (Fsp3) is 0. The van der Waals surface area contributed by atoms with Crippen LogP contribution >= 0.6 is 22.7 Å². The quantitative estimate of drug-likeness (QED) is 0.165. The molecule has 0 aliphatic carbocycles. The summed E-state index contributed by atoms with van der Waals surface area (Å²) in [7, 11) is 0. The lowest BCUT2D eigenvalue weighted by Crippen LogP contribution is -1.92. The van der Waals surface area contributed by atoms with Crippen LogP contribution in [0.25, 0.3) is 106 Å². The van der Waals surface area contributed by atoms with Gasteiger partial charge in [0.25, 0.3) is 0 Å². The standard InChI is InChI=1S/C46H26S2/c1-3-15-29-27(12-1)14-11-22-31(29)41-32-17-5-7-19-34(32)43(35-20-8-6-18-33(35)41)45-44-36-21-9-10-23-38(36)47-40(44)26-37-42-30-16-4-2-13-28(30)24-25-39(42)48-46(37)45/h1-26H. The van der Waals surface area contributed by atoms with Crippen molar-refractivity contribution in [3.05, 3.63) is 158 Å². The summed E-state index contributed by atoms with van der Waals surface area (Å²) in [6.07, 6.45) is 0. The van der Waals surface area contributed by atoms with Crippen LogP contribution in [0.3, 0.4) is 0 Å². The Balaban J connectivity index is 1.40. The number of fused-ring (bicyclic) bond motifs is 11. The summed E-state index contributed by atoms with van der Waals surface area (Å²) in [6.45, 7) is 0. The Labute approximate surface area is 284 Å². The van der Waals surface area contributed by atoms with Crippen LogP contribution in [-0.4, -0.2) is 0 Å². The summed E-state index contributed by atoms with van der Waals surface area (Å²) in [4.78, 5) is 0. The number of benzene rings is 9. The molecule has 48 heavy (non-hydrogen) atoms. The summed E-state index contributed by atoms with van der Waals surface area (Å²) in [5.41, 5.74) is 5.29.